The normalized spacial score (nSPS) is 14.4. The van der Waals surface area contributed by atoms with Crippen molar-refractivity contribution in [2.75, 3.05) is 5.32 Å². The number of hydrogen-bond donors (Lipinski definition) is 2. The molecule has 1 aliphatic carbocycles. The van der Waals surface area contributed by atoms with Gasteiger partial charge in [-0.15, -0.1) is 0 Å². The minimum absolute atomic E-state index is 0.476. The molecule has 3 rings (SSSR count). The van der Waals surface area contributed by atoms with Crippen molar-refractivity contribution >= 4 is 23.0 Å². The summed E-state index contributed by atoms with van der Waals surface area (Å²) < 4.78 is 0. The Hall–Kier alpha value is -1.81. The fraction of sp³-hybridized carbons (Fsp3) is 0.267. The average Bonchev–Trinajstić information content (AvgIpc) is 3.07. The van der Waals surface area contributed by atoms with Crippen LogP contribution < -0.4 is 11.1 Å². The molecule has 1 heterocycles. The number of anilines is 1. The average molecular weight is 271 g/mol. The summed E-state index contributed by atoms with van der Waals surface area (Å²) in [5.41, 5.74) is 11.1. The van der Waals surface area contributed by atoms with Crippen molar-refractivity contribution in [1.29, 1.82) is 0 Å². The van der Waals surface area contributed by atoms with Crippen LogP contribution in [0, 0.1) is 0 Å². The summed E-state index contributed by atoms with van der Waals surface area (Å²) >= 11 is 1.68. The largest absolute Gasteiger partial charge is 0.370 e. The van der Waals surface area contributed by atoms with E-state index in [4.69, 9.17) is 5.73 Å². The van der Waals surface area contributed by atoms with Crippen molar-refractivity contribution in [1.82, 2.24) is 0 Å². The van der Waals surface area contributed by atoms with Crippen molar-refractivity contribution in [3.05, 3.63) is 51.7 Å². The van der Waals surface area contributed by atoms with E-state index in [0.29, 0.717) is 12.5 Å². The standard InChI is InChI=1S/C15H17N3S/c16-15(17-9-11-6-7-19-10-11)18-14-5-4-12-2-1-3-13(12)8-14/h4-8,10H,1-3,9H2,(H3,16,17,18). The molecule has 0 aliphatic heterocycles. The van der Waals surface area contributed by atoms with Crippen molar-refractivity contribution in [3.63, 3.8) is 0 Å². The molecular formula is C15H17N3S. The van der Waals surface area contributed by atoms with Gasteiger partial charge in [0.05, 0.1) is 6.54 Å². The maximum absolute atomic E-state index is 5.91. The predicted octanol–water partition coefficient (Wildman–Crippen LogP) is 3.16. The number of hydrogen-bond acceptors (Lipinski definition) is 2. The number of nitrogens with one attached hydrogen (secondary N) is 1. The van der Waals surface area contributed by atoms with Gasteiger partial charge in [0.2, 0.25) is 0 Å². The Morgan fingerprint density at radius 1 is 1.26 bits per heavy atom. The number of rotatable bonds is 3. The van der Waals surface area contributed by atoms with Gasteiger partial charge >= 0.3 is 0 Å². The molecule has 0 amide bonds. The highest BCUT2D eigenvalue weighted by Gasteiger charge is 2.10. The van der Waals surface area contributed by atoms with Gasteiger partial charge in [-0.25, -0.2) is 4.99 Å². The molecule has 4 heteroatoms. The lowest BCUT2D eigenvalue weighted by Crippen LogP contribution is -2.22. The summed E-state index contributed by atoms with van der Waals surface area (Å²) in [6.07, 6.45) is 3.65. The van der Waals surface area contributed by atoms with Crippen molar-refractivity contribution in [3.8, 4) is 0 Å². The monoisotopic (exact) mass is 271 g/mol. The zero-order valence-corrected chi connectivity index (χ0v) is 11.5. The second-order valence-electron chi connectivity index (χ2n) is 4.80. The van der Waals surface area contributed by atoms with Gasteiger partial charge in [0.1, 0.15) is 0 Å². The Labute approximate surface area is 117 Å². The van der Waals surface area contributed by atoms with Crippen LogP contribution in [-0.4, -0.2) is 5.96 Å². The Morgan fingerprint density at radius 3 is 3.00 bits per heavy atom. The fourth-order valence-electron chi connectivity index (χ4n) is 2.40. The number of nitrogens with zero attached hydrogens (tertiary/aromatic N) is 1. The summed E-state index contributed by atoms with van der Waals surface area (Å²) in [4.78, 5) is 4.35. The lowest BCUT2D eigenvalue weighted by molar-refractivity contribution is 0.912. The van der Waals surface area contributed by atoms with Crippen LogP contribution in [0.2, 0.25) is 0 Å². The first-order valence-electron chi connectivity index (χ1n) is 6.51. The Morgan fingerprint density at radius 2 is 2.16 bits per heavy atom. The van der Waals surface area contributed by atoms with Crippen LogP contribution in [0.25, 0.3) is 0 Å². The van der Waals surface area contributed by atoms with Crippen molar-refractivity contribution in [2.24, 2.45) is 10.7 Å². The number of aryl methyl sites for hydroxylation is 2. The molecule has 0 unspecified atom stereocenters. The van der Waals surface area contributed by atoms with E-state index in [1.807, 2.05) is 0 Å². The molecule has 0 saturated heterocycles. The highest BCUT2D eigenvalue weighted by atomic mass is 32.1. The molecule has 0 radical (unpaired) electrons. The van der Waals surface area contributed by atoms with Crippen LogP contribution in [0.4, 0.5) is 5.69 Å². The summed E-state index contributed by atoms with van der Waals surface area (Å²) in [7, 11) is 0. The molecule has 0 bridgehead atoms. The molecule has 2 aromatic rings. The molecule has 98 valence electrons. The van der Waals surface area contributed by atoms with Crippen LogP contribution in [0.1, 0.15) is 23.1 Å². The number of guanidine groups is 1. The van der Waals surface area contributed by atoms with Gasteiger partial charge in [-0.05, 0) is 64.9 Å². The highest BCUT2D eigenvalue weighted by Crippen LogP contribution is 2.24. The number of aliphatic imine (C=N–C) groups is 1. The summed E-state index contributed by atoms with van der Waals surface area (Å²) in [6.45, 7) is 0.632. The molecule has 3 nitrogen and oxygen atoms in total. The van der Waals surface area contributed by atoms with Gasteiger partial charge in [0.15, 0.2) is 5.96 Å². The zero-order chi connectivity index (χ0) is 13.1. The molecule has 1 aromatic heterocycles. The van der Waals surface area contributed by atoms with E-state index in [1.54, 1.807) is 11.3 Å². The number of thiophene rings is 1. The van der Waals surface area contributed by atoms with E-state index in [9.17, 15) is 0 Å². The fourth-order valence-corrected chi connectivity index (χ4v) is 3.06. The van der Waals surface area contributed by atoms with Gasteiger partial charge in [0, 0.05) is 5.69 Å². The Balaban J connectivity index is 1.65. The van der Waals surface area contributed by atoms with E-state index in [1.165, 1.54) is 36.0 Å². The van der Waals surface area contributed by atoms with E-state index in [-0.39, 0.29) is 0 Å². The number of fused-ring (bicyclic) bond motifs is 1. The summed E-state index contributed by atoms with van der Waals surface area (Å²) in [6, 6.07) is 8.53. The maximum atomic E-state index is 5.91. The maximum Gasteiger partial charge on any atom is 0.193 e. The third kappa shape index (κ3) is 2.96. The third-order valence-electron chi connectivity index (χ3n) is 3.38. The van der Waals surface area contributed by atoms with Gasteiger partial charge in [-0.3, -0.25) is 0 Å². The molecule has 19 heavy (non-hydrogen) atoms. The SMILES string of the molecule is NC(=NCc1ccsc1)Nc1ccc2c(c1)CCC2. The first-order valence-corrected chi connectivity index (χ1v) is 7.45. The van der Waals surface area contributed by atoms with E-state index in [2.05, 4.69) is 45.3 Å². The number of nitrogens with two attached hydrogens (primary N) is 1. The molecule has 0 atom stereocenters. The Kier molecular flexibility index (Phi) is 3.51. The minimum atomic E-state index is 0.476. The van der Waals surface area contributed by atoms with E-state index >= 15 is 0 Å². The summed E-state index contributed by atoms with van der Waals surface area (Å²) in [5.74, 6) is 0.476. The molecule has 3 N–H and O–H groups in total. The lowest BCUT2D eigenvalue weighted by Gasteiger charge is -2.07. The van der Waals surface area contributed by atoms with Gasteiger partial charge in [0.25, 0.3) is 0 Å². The summed E-state index contributed by atoms with van der Waals surface area (Å²) in [5, 5.41) is 7.31. The first-order chi connectivity index (χ1) is 9.31. The molecule has 0 saturated carbocycles. The van der Waals surface area contributed by atoms with Gasteiger partial charge in [-0.2, -0.15) is 11.3 Å². The van der Waals surface area contributed by atoms with Crippen molar-refractivity contribution < 1.29 is 0 Å². The van der Waals surface area contributed by atoms with Crippen molar-refractivity contribution in [2.45, 2.75) is 25.8 Å². The second-order valence-corrected chi connectivity index (χ2v) is 5.58. The topological polar surface area (TPSA) is 50.4 Å². The second kappa shape index (κ2) is 5.45. The number of benzene rings is 1. The van der Waals surface area contributed by atoms with Crippen LogP contribution in [0.15, 0.2) is 40.0 Å². The molecule has 0 fully saturated rings. The van der Waals surface area contributed by atoms with Gasteiger partial charge in [-0.1, -0.05) is 6.07 Å². The zero-order valence-electron chi connectivity index (χ0n) is 10.7. The molecule has 1 aliphatic rings. The highest BCUT2D eigenvalue weighted by molar-refractivity contribution is 7.07. The predicted molar refractivity (Wildman–Crippen MR) is 81.7 cm³/mol. The lowest BCUT2D eigenvalue weighted by atomic mass is 10.1. The third-order valence-corrected chi connectivity index (χ3v) is 4.12. The van der Waals surface area contributed by atoms with Crippen LogP contribution in [0.3, 0.4) is 0 Å². The molecular weight excluding hydrogens is 254 g/mol. The van der Waals surface area contributed by atoms with Crippen LogP contribution >= 0.6 is 11.3 Å². The smallest absolute Gasteiger partial charge is 0.193 e. The van der Waals surface area contributed by atoms with Crippen LogP contribution in [-0.2, 0) is 19.4 Å². The molecule has 0 spiro atoms. The van der Waals surface area contributed by atoms with E-state index in [0.717, 1.165) is 5.69 Å². The Bertz CT molecular complexity index is 587. The van der Waals surface area contributed by atoms with Gasteiger partial charge < -0.3 is 11.1 Å². The first kappa shape index (κ1) is 12.2. The molecule has 1 aromatic carbocycles. The van der Waals surface area contributed by atoms with Crippen LogP contribution in [0.5, 0.6) is 0 Å². The van der Waals surface area contributed by atoms with E-state index < -0.39 is 0 Å². The minimum Gasteiger partial charge on any atom is -0.370 e. The quantitative estimate of drug-likeness (QED) is 0.665.